The highest BCUT2D eigenvalue weighted by atomic mass is 16.3. The van der Waals surface area contributed by atoms with Crippen LogP contribution in [0.1, 0.15) is 22.6 Å². The van der Waals surface area contributed by atoms with Crippen LogP contribution in [0.2, 0.25) is 0 Å². The lowest BCUT2D eigenvalue weighted by atomic mass is 10.1. The molecule has 1 N–H and O–H groups in total. The molecule has 0 saturated carbocycles. The molecule has 4 heteroatoms. The number of carbonyl (C=O) groups is 1. The first-order valence-corrected chi connectivity index (χ1v) is 6.60. The van der Waals surface area contributed by atoms with Gasteiger partial charge in [-0.3, -0.25) is 4.79 Å². The summed E-state index contributed by atoms with van der Waals surface area (Å²) in [7, 11) is 0. The van der Waals surface area contributed by atoms with Gasteiger partial charge in [-0.25, -0.2) is 0 Å². The lowest BCUT2D eigenvalue weighted by Crippen LogP contribution is -2.23. The number of benzene rings is 1. The van der Waals surface area contributed by atoms with Crippen LogP contribution >= 0.6 is 0 Å². The summed E-state index contributed by atoms with van der Waals surface area (Å²) in [5.41, 5.74) is 2.17. The average molecular weight is 280 g/mol. The molecule has 1 heterocycles. The Morgan fingerprint density at radius 1 is 1.24 bits per heavy atom. The Bertz CT molecular complexity index is 703. The van der Waals surface area contributed by atoms with Gasteiger partial charge in [-0.05, 0) is 31.5 Å². The normalized spacial score (nSPS) is 11.0. The summed E-state index contributed by atoms with van der Waals surface area (Å²) in [5, 5.41) is 11.8. The number of carbonyl (C=O) groups excluding carboxylic acids is 1. The molecule has 21 heavy (non-hydrogen) atoms. The molecule has 0 aliphatic carbocycles. The van der Waals surface area contributed by atoms with Gasteiger partial charge in [-0.2, -0.15) is 5.26 Å². The minimum atomic E-state index is -0.410. The van der Waals surface area contributed by atoms with Crippen LogP contribution in [-0.4, -0.2) is 5.91 Å². The van der Waals surface area contributed by atoms with Crippen molar-refractivity contribution in [2.45, 2.75) is 20.4 Å². The molecule has 0 spiro atoms. The number of nitrogens with zero attached hydrogens (tertiary/aromatic N) is 1. The second kappa shape index (κ2) is 6.58. The second-order valence-electron chi connectivity index (χ2n) is 4.79. The molecular weight excluding hydrogens is 264 g/mol. The van der Waals surface area contributed by atoms with E-state index in [1.807, 2.05) is 37.3 Å². The molecule has 1 aromatic heterocycles. The van der Waals surface area contributed by atoms with E-state index in [4.69, 9.17) is 9.68 Å². The first-order chi connectivity index (χ1) is 10.1. The molecule has 1 amide bonds. The van der Waals surface area contributed by atoms with Gasteiger partial charge >= 0.3 is 0 Å². The zero-order valence-corrected chi connectivity index (χ0v) is 12.0. The van der Waals surface area contributed by atoms with Gasteiger partial charge in [0.05, 0.1) is 0 Å². The van der Waals surface area contributed by atoms with Crippen LogP contribution in [0.15, 0.2) is 46.4 Å². The Hall–Kier alpha value is -2.80. The lowest BCUT2D eigenvalue weighted by molar-refractivity contribution is -0.117. The molecule has 0 saturated heterocycles. The highest BCUT2D eigenvalue weighted by Crippen LogP contribution is 2.11. The maximum atomic E-state index is 12.0. The molecule has 0 unspecified atom stereocenters. The van der Waals surface area contributed by atoms with Crippen LogP contribution in [-0.2, 0) is 11.3 Å². The van der Waals surface area contributed by atoms with Gasteiger partial charge in [0.1, 0.15) is 23.2 Å². The Kier molecular flexibility index (Phi) is 4.57. The van der Waals surface area contributed by atoms with Crippen LogP contribution in [0.4, 0.5) is 0 Å². The van der Waals surface area contributed by atoms with Crippen molar-refractivity contribution >= 4 is 12.0 Å². The molecule has 2 rings (SSSR count). The van der Waals surface area contributed by atoms with E-state index in [2.05, 4.69) is 5.32 Å². The summed E-state index contributed by atoms with van der Waals surface area (Å²) in [4.78, 5) is 12.0. The first-order valence-electron chi connectivity index (χ1n) is 6.60. The maximum Gasteiger partial charge on any atom is 0.262 e. The summed E-state index contributed by atoms with van der Waals surface area (Å²) in [6, 6.07) is 13.3. The summed E-state index contributed by atoms with van der Waals surface area (Å²) in [6.45, 7) is 4.19. The van der Waals surface area contributed by atoms with Gasteiger partial charge < -0.3 is 9.73 Å². The minimum Gasteiger partial charge on any atom is -0.462 e. The van der Waals surface area contributed by atoms with Gasteiger partial charge in [-0.15, -0.1) is 0 Å². The SMILES string of the molecule is Cc1ccc(CNC(=O)/C(C#N)=C\c2ccc(C)o2)cc1. The van der Waals surface area contributed by atoms with Crippen molar-refractivity contribution in [2.75, 3.05) is 0 Å². The van der Waals surface area contributed by atoms with E-state index in [9.17, 15) is 4.79 Å². The molecule has 1 aromatic carbocycles. The van der Waals surface area contributed by atoms with E-state index in [1.165, 1.54) is 6.08 Å². The largest absolute Gasteiger partial charge is 0.462 e. The molecule has 2 aromatic rings. The molecular formula is C17H16N2O2. The number of rotatable bonds is 4. The van der Waals surface area contributed by atoms with Crippen molar-refractivity contribution in [1.82, 2.24) is 5.32 Å². The third-order valence-corrected chi connectivity index (χ3v) is 2.99. The van der Waals surface area contributed by atoms with Gasteiger partial charge in [0.15, 0.2) is 0 Å². The molecule has 0 atom stereocenters. The number of hydrogen-bond donors (Lipinski definition) is 1. The smallest absolute Gasteiger partial charge is 0.262 e. The van der Waals surface area contributed by atoms with Crippen LogP contribution in [0.25, 0.3) is 6.08 Å². The van der Waals surface area contributed by atoms with Crippen LogP contribution in [0.3, 0.4) is 0 Å². The Balaban J connectivity index is 2.02. The quantitative estimate of drug-likeness (QED) is 0.691. The standard InChI is InChI=1S/C17H16N2O2/c1-12-3-6-14(7-4-12)11-19-17(20)15(10-18)9-16-8-5-13(2)21-16/h3-9H,11H2,1-2H3,(H,19,20)/b15-9-. The highest BCUT2D eigenvalue weighted by molar-refractivity contribution is 6.01. The number of nitriles is 1. The fourth-order valence-corrected chi connectivity index (χ4v) is 1.81. The predicted molar refractivity (Wildman–Crippen MR) is 80.1 cm³/mol. The summed E-state index contributed by atoms with van der Waals surface area (Å²) in [6.07, 6.45) is 1.44. The van der Waals surface area contributed by atoms with Gasteiger partial charge in [0, 0.05) is 12.6 Å². The number of nitrogens with one attached hydrogen (secondary N) is 1. The molecule has 0 bridgehead atoms. The highest BCUT2D eigenvalue weighted by Gasteiger charge is 2.09. The van der Waals surface area contributed by atoms with Gasteiger partial charge in [0.2, 0.25) is 0 Å². The fourth-order valence-electron chi connectivity index (χ4n) is 1.81. The number of hydrogen-bond acceptors (Lipinski definition) is 3. The van der Waals surface area contributed by atoms with Crippen molar-refractivity contribution in [2.24, 2.45) is 0 Å². The summed E-state index contributed by atoms with van der Waals surface area (Å²) < 4.78 is 5.33. The van der Waals surface area contributed by atoms with Crippen molar-refractivity contribution in [3.05, 3.63) is 64.6 Å². The third-order valence-electron chi connectivity index (χ3n) is 2.99. The van der Waals surface area contributed by atoms with E-state index in [-0.39, 0.29) is 5.57 Å². The monoisotopic (exact) mass is 280 g/mol. The number of furan rings is 1. The van der Waals surface area contributed by atoms with Gasteiger partial charge in [0.25, 0.3) is 5.91 Å². The van der Waals surface area contributed by atoms with Crippen molar-refractivity contribution < 1.29 is 9.21 Å². The van der Waals surface area contributed by atoms with Gasteiger partial charge in [-0.1, -0.05) is 29.8 Å². The van der Waals surface area contributed by atoms with E-state index >= 15 is 0 Å². The molecule has 106 valence electrons. The third kappa shape index (κ3) is 4.08. The molecule has 4 nitrogen and oxygen atoms in total. The van der Waals surface area contributed by atoms with E-state index in [0.29, 0.717) is 12.3 Å². The summed E-state index contributed by atoms with van der Waals surface area (Å²) >= 11 is 0. The Labute approximate surface area is 123 Å². The summed E-state index contributed by atoms with van der Waals surface area (Å²) in [5.74, 6) is 0.820. The predicted octanol–water partition coefficient (Wildman–Crippen LogP) is 3.12. The molecule has 0 fully saturated rings. The Morgan fingerprint density at radius 3 is 2.52 bits per heavy atom. The Morgan fingerprint density at radius 2 is 1.95 bits per heavy atom. The topological polar surface area (TPSA) is 66.0 Å². The number of aryl methyl sites for hydroxylation is 2. The maximum absolute atomic E-state index is 12.0. The van der Waals surface area contributed by atoms with Crippen LogP contribution in [0.5, 0.6) is 0 Å². The zero-order chi connectivity index (χ0) is 15.2. The van der Waals surface area contributed by atoms with Crippen LogP contribution < -0.4 is 5.32 Å². The average Bonchev–Trinajstić information content (AvgIpc) is 2.89. The van der Waals surface area contributed by atoms with Crippen LogP contribution in [0, 0.1) is 25.2 Å². The van der Waals surface area contributed by atoms with E-state index in [0.717, 1.165) is 16.9 Å². The lowest BCUT2D eigenvalue weighted by Gasteiger charge is -2.04. The number of amides is 1. The van der Waals surface area contributed by atoms with Crippen molar-refractivity contribution in [3.63, 3.8) is 0 Å². The first kappa shape index (κ1) is 14.6. The fraction of sp³-hybridized carbons (Fsp3) is 0.176. The second-order valence-corrected chi connectivity index (χ2v) is 4.79. The molecule has 0 aliphatic rings. The molecule has 0 radical (unpaired) electrons. The van der Waals surface area contributed by atoms with Crippen molar-refractivity contribution in [1.29, 1.82) is 5.26 Å². The van der Waals surface area contributed by atoms with E-state index < -0.39 is 5.91 Å². The van der Waals surface area contributed by atoms with Crippen molar-refractivity contribution in [3.8, 4) is 6.07 Å². The minimum absolute atomic E-state index is 0.0245. The van der Waals surface area contributed by atoms with E-state index in [1.54, 1.807) is 19.1 Å². The zero-order valence-electron chi connectivity index (χ0n) is 12.0. The molecule has 0 aliphatic heterocycles.